The molecule has 0 atom stereocenters. The monoisotopic (exact) mass is 252 g/mol. The zero-order chi connectivity index (χ0) is 13.9. The Morgan fingerprint density at radius 3 is 2.56 bits per heavy atom. The number of carbonyl (C=O) groups is 2. The molecule has 0 saturated heterocycles. The molecule has 1 aromatic carbocycles. The van der Waals surface area contributed by atoms with Crippen molar-refractivity contribution in [1.29, 1.82) is 0 Å². The summed E-state index contributed by atoms with van der Waals surface area (Å²) in [4.78, 5) is 22.8. The number of rotatable bonds is 4. The van der Waals surface area contributed by atoms with Crippen LogP contribution in [0, 0.1) is 12.7 Å². The lowest BCUT2D eigenvalue weighted by Crippen LogP contribution is -2.46. The molecule has 0 spiro atoms. The van der Waals surface area contributed by atoms with E-state index in [-0.39, 0.29) is 12.0 Å². The van der Waals surface area contributed by atoms with Crippen molar-refractivity contribution in [2.45, 2.75) is 32.7 Å². The van der Waals surface area contributed by atoms with Crippen molar-refractivity contribution in [3.8, 4) is 0 Å². The van der Waals surface area contributed by atoms with Gasteiger partial charge >= 0.3 is 0 Å². The van der Waals surface area contributed by atoms with Crippen LogP contribution >= 0.6 is 0 Å². The second-order valence-corrected chi connectivity index (χ2v) is 4.92. The molecule has 0 unspecified atom stereocenters. The fourth-order valence-corrected chi connectivity index (χ4v) is 1.68. The van der Waals surface area contributed by atoms with E-state index in [9.17, 15) is 14.0 Å². The molecular formula is C13H17FN2O2. The van der Waals surface area contributed by atoms with Gasteiger partial charge in [-0.3, -0.25) is 9.59 Å². The summed E-state index contributed by atoms with van der Waals surface area (Å²) in [6.07, 6.45) is -0.00776. The molecule has 0 heterocycles. The largest absolute Gasteiger partial charge is 0.370 e. The first-order valence-corrected chi connectivity index (χ1v) is 5.59. The molecule has 1 rings (SSSR count). The predicted octanol–water partition coefficient (Wildman–Crippen LogP) is 1.52. The van der Waals surface area contributed by atoms with Crippen molar-refractivity contribution in [2.75, 3.05) is 0 Å². The van der Waals surface area contributed by atoms with Gasteiger partial charge in [-0.1, -0.05) is 12.1 Å². The molecule has 3 N–H and O–H groups in total. The highest BCUT2D eigenvalue weighted by Crippen LogP contribution is 2.14. The Morgan fingerprint density at radius 2 is 2.00 bits per heavy atom. The van der Waals surface area contributed by atoms with Gasteiger partial charge in [0.05, 0.1) is 5.56 Å². The minimum absolute atomic E-state index is 0.00776. The summed E-state index contributed by atoms with van der Waals surface area (Å²) in [6.45, 7) is 4.90. The van der Waals surface area contributed by atoms with Crippen LogP contribution in [-0.2, 0) is 4.79 Å². The topological polar surface area (TPSA) is 72.2 Å². The molecule has 0 aliphatic heterocycles. The molecule has 0 aliphatic rings. The second kappa shape index (κ2) is 5.16. The molecule has 4 nitrogen and oxygen atoms in total. The number of benzene rings is 1. The Balaban J connectivity index is 2.89. The van der Waals surface area contributed by atoms with E-state index < -0.39 is 23.2 Å². The van der Waals surface area contributed by atoms with Gasteiger partial charge < -0.3 is 11.1 Å². The Hall–Kier alpha value is -1.91. The highest BCUT2D eigenvalue weighted by Gasteiger charge is 2.24. The van der Waals surface area contributed by atoms with Crippen LogP contribution in [0.25, 0.3) is 0 Å². The molecule has 0 bridgehead atoms. The molecule has 0 fully saturated rings. The van der Waals surface area contributed by atoms with E-state index in [4.69, 9.17) is 5.73 Å². The first-order valence-electron chi connectivity index (χ1n) is 5.59. The van der Waals surface area contributed by atoms with Crippen LogP contribution in [0.15, 0.2) is 18.2 Å². The SMILES string of the molecule is Cc1cccc(C(=O)NC(C)(C)CC(N)=O)c1F. The van der Waals surface area contributed by atoms with Crippen LogP contribution in [0.4, 0.5) is 4.39 Å². The van der Waals surface area contributed by atoms with Gasteiger partial charge in [0.15, 0.2) is 0 Å². The highest BCUT2D eigenvalue weighted by atomic mass is 19.1. The average molecular weight is 252 g/mol. The van der Waals surface area contributed by atoms with E-state index in [1.807, 2.05) is 0 Å². The van der Waals surface area contributed by atoms with Gasteiger partial charge in [-0.2, -0.15) is 0 Å². The van der Waals surface area contributed by atoms with E-state index in [2.05, 4.69) is 5.32 Å². The third kappa shape index (κ3) is 3.55. The van der Waals surface area contributed by atoms with E-state index in [1.54, 1.807) is 32.9 Å². The number of nitrogens with one attached hydrogen (secondary N) is 1. The maximum absolute atomic E-state index is 13.7. The Morgan fingerprint density at radius 1 is 1.39 bits per heavy atom. The first kappa shape index (κ1) is 14.2. The van der Waals surface area contributed by atoms with E-state index in [0.29, 0.717) is 5.56 Å². The smallest absolute Gasteiger partial charge is 0.254 e. The van der Waals surface area contributed by atoms with Gasteiger partial charge in [0.25, 0.3) is 5.91 Å². The zero-order valence-corrected chi connectivity index (χ0v) is 10.7. The second-order valence-electron chi connectivity index (χ2n) is 4.92. The Labute approximate surface area is 105 Å². The summed E-state index contributed by atoms with van der Waals surface area (Å²) in [5.74, 6) is -1.63. The lowest BCUT2D eigenvalue weighted by molar-refractivity contribution is -0.119. The molecule has 98 valence electrons. The number of halogens is 1. The molecule has 2 amide bonds. The molecule has 18 heavy (non-hydrogen) atoms. The minimum atomic E-state index is -0.806. The van der Waals surface area contributed by atoms with Crippen molar-refractivity contribution < 1.29 is 14.0 Å². The number of nitrogens with two attached hydrogens (primary N) is 1. The highest BCUT2D eigenvalue weighted by molar-refractivity contribution is 5.95. The standard InChI is InChI=1S/C13H17FN2O2/c1-8-5-4-6-9(11(8)14)12(18)16-13(2,3)7-10(15)17/h4-6H,7H2,1-3H3,(H2,15,17)(H,16,18). The molecule has 0 aromatic heterocycles. The van der Waals surface area contributed by atoms with Crippen molar-refractivity contribution in [3.05, 3.63) is 35.1 Å². The van der Waals surface area contributed by atoms with Gasteiger partial charge in [0, 0.05) is 12.0 Å². The van der Waals surface area contributed by atoms with Crippen molar-refractivity contribution in [1.82, 2.24) is 5.32 Å². The average Bonchev–Trinajstić information content (AvgIpc) is 2.18. The summed E-state index contributed by atoms with van der Waals surface area (Å²) in [7, 11) is 0. The number of aryl methyl sites for hydroxylation is 1. The lowest BCUT2D eigenvalue weighted by Gasteiger charge is -2.24. The fraction of sp³-hybridized carbons (Fsp3) is 0.385. The third-order valence-corrected chi connectivity index (χ3v) is 2.50. The van der Waals surface area contributed by atoms with Gasteiger partial charge in [-0.05, 0) is 32.4 Å². The number of hydrogen-bond donors (Lipinski definition) is 2. The zero-order valence-electron chi connectivity index (χ0n) is 10.7. The van der Waals surface area contributed by atoms with Crippen LogP contribution in [0.1, 0.15) is 36.2 Å². The number of amides is 2. The maximum atomic E-state index is 13.7. The summed E-state index contributed by atoms with van der Waals surface area (Å²) in [5, 5.41) is 2.59. The number of hydrogen-bond acceptors (Lipinski definition) is 2. The molecule has 1 aromatic rings. The third-order valence-electron chi connectivity index (χ3n) is 2.50. The van der Waals surface area contributed by atoms with E-state index in [1.165, 1.54) is 6.07 Å². The van der Waals surface area contributed by atoms with Crippen molar-refractivity contribution in [3.63, 3.8) is 0 Å². The fourth-order valence-electron chi connectivity index (χ4n) is 1.68. The Bertz CT molecular complexity index is 484. The minimum Gasteiger partial charge on any atom is -0.370 e. The van der Waals surface area contributed by atoms with Crippen LogP contribution in [0.5, 0.6) is 0 Å². The molecule has 0 radical (unpaired) electrons. The van der Waals surface area contributed by atoms with Crippen LogP contribution in [0.3, 0.4) is 0 Å². The summed E-state index contributed by atoms with van der Waals surface area (Å²) in [6, 6.07) is 4.59. The van der Waals surface area contributed by atoms with Gasteiger partial charge in [-0.25, -0.2) is 4.39 Å². The number of carbonyl (C=O) groups excluding carboxylic acids is 2. The van der Waals surface area contributed by atoms with Crippen LogP contribution in [0.2, 0.25) is 0 Å². The predicted molar refractivity (Wildman–Crippen MR) is 66.5 cm³/mol. The normalized spacial score (nSPS) is 11.1. The molecule has 0 aliphatic carbocycles. The molecule has 0 saturated carbocycles. The van der Waals surface area contributed by atoms with Crippen LogP contribution in [-0.4, -0.2) is 17.4 Å². The summed E-state index contributed by atoms with van der Waals surface area (Å²) >= 11 is 0. The van der Waals surface area contributed by atoms with E-state index in [0.717, 1.165) is 0 Å². The Kier molecular flexibility index (Phi) is 4.06. The van der Waals surface area contributed by atoms with E-state index >= 15 is 0 Å². The van der Waals surface area contributed by atoms with Gasteiger partial charge in [-0.15, -0.1) is 0 Å². The van der Waals surface area contributed by atoms with Crippen molar-refractivity contribution in [2.24, 2.45) is 5.73 Å². The van der Waals surface area contributed by atoms with Crippen LogP contribution < -0.4 is 11.1 Å². The van der Waals surface area contributed by atoms with Gasteiger partial charge in [0.2, 0.25) is 5.91 Å². The molecule has 5 heteroatoms. The van der Waals surface area contributed by atoms with Crippen molar-refractivity contribution >= 4 is 11.8 Å². The lowest BCUT2D eigenvalue weighted by atomic mass is 9.99. The quantitative estimate of drug-likeness (QED) is 0.852. The number of primary amides is 1. The maximum Gasteiger partial charge on any atom is 0.254 e. The summed E-state index contributed by atoms with van der Waals surface area (Å²) < 4.78 is 13.7. The van der Waals surface area contributed by atoms with Gasteiger partial charge in [0.1, 0.15) is 5.82 Å². The molecular weight excluding hydrogens is 235 g/mol. The first-order chi connectivity index (χ1) is 8.23. The summed E-state index contributed by atoms with van der Waals surface area (Å²) in [5.41, 5.74) is 4.64.